The molecule has 0 saturated heterocycles. The molecular formula is C8H13F2N3. The van der Waals surface area contributed by atoms with E-state index in [9.17, 15) is 8.78 Å². The number of alkyl halides is 2. The summed E-state index contributed by atoms with van der Waals surface area (Å²) in [5, 5.41) is 6.66. The Morgan fingerprint density at radius 1 is 1.62 bits per heavy atom. The van der Waals surface area contributed by atoms with Crippen LogP contribution in [0.25, 0.3) is 0 Å². The molecular weight excluding hydrogens is 176 g/mol. The Balaban J connectivity index is 2.44. The molecule has 1 aromatic rings. The molecule has 0 aliphatic rings. The van der Waals surface area contributed by atoms with Crippen LogP contribution in [0.1, 0.15) is 18.5 Å². The molecule has 1 aromatic heterocycles. The Labute approximate surface area is 75.7 Å². The lowest BCUT2D eigenvalue weighted by atomic mass is 10.2. The number of aryl methyl sites for hydroxylation is 1. The number of hydrogen-bond acceptors (Lipinski definition) is 2. The number of nitrogens with one attached hydrogen (secondary N) is 1. The van der Waals surface area contributed by atoms with Gasteiger partial charge in [0.1, 0.15) is 0 Å². The predicted octanol–water partition coefficient (Wildman–Crippen LogP) is 1.34. The van der Waals surface area contributed by atoms with Crippen molar-refractivity contribution in [2.45, 2.75) is 19.4 Å². The summed E-state index contributed by atoms with van der Waals surface area (Å²) in [6, 6.07) is -0.0808. The van der Waals surface area contributed by atoms with Crippen molar-refractivity contribution in [2.24, 2.45) is 7.05 Å². The zero-order chi connectivity index (χ0) is 9.84. The molecule has 0 unspecified atom stereocenters. The number of halogens is 2. The molecule has 74 valence electrons. The molecule has 0 bridgehead atoms. The Morgan fingerprint density at radius 3 is 2.77 bits per heavy atom. The lowest BCUT2D eigenvalue weighted by molar-refractivity contribution is 0.142. The van der Waals surface area contributed by atoms with Crippen molar-refractivity contribution < 1.29 is 8.78 Å². The average Bonchev–Trinajstić information content (AvgIpc) is 2.47. The summed E-state index contributed by atoms with van der Waals surface area (Å²) in [5.74, 6) is 0. The summed E-state index contributed by atoms with van der Waals surface area (Å²) in [6.07, 6.45) is 1.17. The first-order chi connectivity index (χ1) is 6.09. The molecule has 1 heterocycles. The van der Waals surface area contributed by atoms with Crippen LogP contribution in [0, 0.1) is 0 Å². The van der Waals surface area contributed by atoms with Crippen molar-refractivity contribution in [1.82, 2.24) is 15.1 Å². The minimum absolute atomic E-state index is 0.0808. The van der Waals surface area contributed by atoms with Crippen LogP contribution in [0.4, 0.5) is 8.78 Å². The highest BCUT2D eigenvalue weighted by Gasteiger charge is 2.09. The Morgan fingerprint density at radius 2 is 2.31 bits per heavy atom. The van der Waals surface area contributed by atoms with E-state index in [1.54, 1.807) is 17.9 Å². The molecule has 0 saturated carbocycles. The monoisotopic (exact) mass is 189 g/mol. The minimum atomic E-state index is -2.31. The summed E-state index contributed by atoms with van der Waals surface area (Å²) >= 11 is 0. The van der Waals surface area contributed by atoms with Crippen molar-refractivity contribution >= 4 is 0 Å². The number of rotatable bonds is 4. The van der Waals surface area contributed by atoms with Crippen LogP contribution in [-0.4, -0.2) is 22.8 Å². The van der Waals surface area contributed by atoms with Crippen LogP contribution in [0.15, 0.2) is 12.4 Å². The summed E-state index contributed by atoms with van der Waals surface area (Å²) in [7, 11) is 1.79. The highest BCUT2D eigenvalue weighted by atomic mass is 19.3. The second-order valence-corrected chi connectivity index (χ2v) is 2.97. The van der Waals surface area contributed by atoms with Gasteiger partial charge in [-0.2, -0.15) is 5.10 Å². The van der Waals surface area contributed by atoms with Gasteiger partial charge in [0.2, 0.25) is 0 Å². The van der Waals surface area contributed by atoms with Crippen molar-refractivity contribution in [3.05, 3.63) is 18.0 Å². The van der Waals surface area contributed by atoms with Crippen molar-refractivity contribution in [3.8, 4) is 0 Å². The molecule has 0 aromatic carbocycles. The van der Waals surface area contributed by atoms with E-state index >= 15 is 0 Å². The van der Waals surface area contributed by atoms with Gasteiger partial charge >= 0.3 is 0 Å². The molecule has 0 aliphatic carbocycles. The third-order valence-electron chi connectivity index (χ3n) is 1.80. The first kappa shape index (κ1) is 10.1. The topological polar surface area (TPSA) is 29.9 Å². The van der Waals surface area contributed by atoms with Crippen LogP contribution in [-0.2, 0) is 7.05 Å². The fourth-order valence-corrected chi connectivity index (χ4v) is 1.05. The maximum atomic E-state index is 11.8. The Kier molecular flexibility index (Phi) is 3.36. The summed E-state index contributed by atoms with van der Waals surface area (Å²) in [4.78, 5) is 0. The van der Waals surface area contributed by atoms with Crippen LogP contribution < -0.4 is 5.32 Å². The van der Waals surface area contributed by atoms with E-state index in [-0.39, 0.29) is 12.6 Å². The SMILES string of the molecule is C[C@@H](NCC(F)F)c1cnn(C)c1. The molecule has 1 atom stereocenters. The van der Waals surface area contributed by atoms with E-state index in [1.165, 1.54) is 0 Å². The average molecular weight is 189 g/mol. The zero-order valence-electron chi connectivity index (χ0n) is 7.67. The standard InChI is InChI=1S/C8H13F2N3/c1-6(11-4-8(9)10)7-3-12-13(2)5-7/h3,5-6,8,11H,4H2,1-2H3/t6-/m1/s1. The van der Waals surface area contributed by atoms with Crippen LogP contribution in [0.5, 0.6) is 0 Å². The van der Waals surface area contributed by atoms with Gasteiger partial charge in [0, 0.05) is 24.8 Å². The van der Waals surface area contributed by atoms with Gasteiger partial charge in [-0.1, -0.05) is 0 Å². The van der Waals surface area contributed by atoms with Crippen molar-refractivity contribution in [3.63, 3.8) is 0 Å². The number of nitrogens with zero attached hydrogens (tertiary/aromatic N) is 2. The van der Waals surface area contributed by atoms with E-state index in [0.717, 1.165) is 5.56 Å². The molecule has 3 nitrogen and oxygen atoms in total. The summed E-state index contributed by atoms with van der Waals surface area (Å²) in [6.45, 7) is 1.55. The maximum Gasteiger partial charge on any atom is 0.250 e. The lowest BCUT2D eigenvalue weighted by Gasteiger charge is -2.10. The third-order valence-corrected chi connectivity index (χ3v) is 1.80. The van der Waals surface area contributed by atoms with Gasteiger partial charge in [0.15, 0.2) is 0 Å². The van der Waals surface area contributed by atoms with Crippen LogP contribution in [0.2, 0.25) is 0 Å². The first-order valence-electron chi connectivity index (χ1n) is 4.09. The maximum absolute atomic E-state index is 11.8. The van der Waals surface area contributed by atoms with Gasteiger partial charge in [-0.25, -0.2) is 8.78 Å². The predicted molar refractivity (Wildman–Crippen MR) is 45.6 cm³/mol. The third kappa shape index (κ3) is 3.10. The largest absolute Gasteiger partial charge is 0.305 e. The van der Waals surface area contributed by atoms with Crippen LogP contribution in [0.3, 0.4) is 0 Å². The summed E-state index contributed by atoms with van der Waals surface area (Å²) in [5.41, 5.74) is 0.920. The van der Waals surface area contributed by atoms with Gasteiger partial charge in [0.25, 0.3) is 6.43 Å². The quantitative estimate of drug-likeness (QED) is 0.774. The lowest BCUT2D eigenvalue weighted by Crippen LogP contribution is -2.24. The molecule has 0 radical (unpaired) electrons. The zero-order valence-corrected chi connectivity index (χ0v) is 7.67. The normalized spacial score (nSPS) is 13.6. The van der Waals surface area contributed by atoms with Crippen LogP contribution >= 0.6 is 0 Å². The van der Waals surface area contributed by atoms with Crippen molar-refractivity contribution in [1.29, 1.82) is 0 Å². The second kappa shape index (κ2) is 4.32. The van der Waals surface area contributed by atoms with Gasteiger partial charge in [-0.3, -0.25) is 4.68 Å². The van der Waals surface area contributed by atoms with E-state index in [1.807, 2.05) is 13.1 Å². The summed E-state index contributed by atoms with van der Waals surface area (Å²) < 4.78 is 25.3. The fraction of sp³-hybridized carbons (Fsp3) is 0.625. The minimum Gasteiger partial charge on any atom is -0.305 e. The molecule has 1 N–H and O–H groups in total. The molecule has 13 heavy (non-hydrogen) atoms. The fourth-order valence-electron chi connectivity index (χ4n) is 1.05. The van der Waals surface area contributed by atoms with Gasteiger partial charge in [-0.15, -0.1) is 0 Å². The van der Waals surface area contributed by atoms with E-state index in [0.29, 0.717) is 0 Å². The Bertz CT molecular complexity index is 260. The highest BCUT2D eigenvalue weighted by Crippen LogP contribution is 2.10. The highest BCUT2D eigenvalue weighted by molar-refractivity contribution is 5.08. The number of aromatic nitrogens is 2. The molecule has 1 rings (SSSR count). The first-order valence-corrected chi connectivity index (χ1v) is 4.09. The molecule has 5 heteroatoms. The number of hydrogen-bond donors (Lipinski definition) is 1. The second-order valence-electron chi connectivity index (χ2n) is 2.97. The Hall–Kier alpha value is -0.970. The smallest absolute Gasteiger partial charge is 0.250 e. The molecule has 0 fully saturated rings. The molecule has 0 spiro atoms. The van der Waals surface area contributed by atoms with E-state index in [4.69, 9.17) is 0 Å². The van der Waals surface area contributed by atoms with Gasteiger partial charge in [0.05, 0.1) is 12.7 Å². The van der Waals surface area contributed by atoms with Gasteiger partial charge < -0.3 is 5.32 Å². The molecule has 0 aliphatic heterocycles. The van der Waals surface area contributed by atoms with E-state index in [2.05, 4.69) is 10.4 Å². The van der Waals surface area contributed by atoms with Crippen molar-refractivity contribution in [2.75, 3.05) is 6.54 Å². The molecule has 0 amide bonds. The van der Waals surface area contributed by atoms with E-state index < -0.39 is 6.43 Å². The van der Waals surface area contributed by atoms with Gasteiger partial charge in [-0.05, 0) is 6.92 Å².